The van der Waals surface area contributed by atoms with Crippen molar-refractivity contribution in [3.8, 4) is 11.8 Å². The van der Waals surface area contributed by atoms with Crippen LogP contribution in [0.4, 0.5) is 0 Å². The summed E-state index contributed by atoms with van der Waals surface area (Å²) in [5.74, 6) is 6.93. The summed E-state index contributed by atoms with van der Waals surface area (Å²) in [6.07, 6.45) is 2.46. The molecule has 0 saturated heterocycles. The van der Waals surface area contributed by atoms with E-state index in [2.05, 4.69) is 39.5 Å². The van der Waals surface area contributed by atoms with E-state index >= 15 is 0 Å². The summed E-state index contributed by atoms with van der Waals surface area (Å²) in [5, 5.41) is 20.2. The molecule has 2 atom stereocenters. The van der Waals surface area contributed by atoms with Gasteiger partial charge in [0.25, 0.3) is 0 Å². The van der Waals surface area contributed by atoms with E-state index in [-0.39, 0.29) is 0 Å². The SMILES string of the molecule is CC(C)CC(C)(O)CC#CCC(C)(O)CC(C)C. The lowest BCUT2D eigenvalue weighted by Crippen LogP contribution is -2.26. The zero-order valence-electron chi connectivity index (χ0n) is 12.9. The van der Waals surface area contributed by atoms with Gasteiger partial charge in [0.1, 0.15) is 0 Å². The minimum Gasteiger partial charge on any atom is -0.389 e. The molecule has 0 fully saturated rings. The maximum atomic E-state index is 10.1. The highest BCUT2D eigenvalue weighted by molar-refractivity contribution is 5.06. The molecule has 0 aromatic heterocycles. The summed E-state index contributed by atoms with van der Waals surface area (Å²) in [7, 11) is 0. The highest BCUT2D eigenvalue weighted by Gasteiger charge is 2.22. The maximum Gasteiger partial charge on any atom is 0.0730 e. The van der Waals surface area contributed by atoms with E-state index in [0.29, 0.717) is 24.7 Å². The monoisotopic (exact) mass is 254 g/mol. The van der Waals surface area contributed by atoms with Crippen LogP contribution in [0.15, 0.2) is 0 Å². The molecule has 0 spiro atoms. The van der Waals surface area contributed by atoms with Gasteiger partial charge in [-0.2, -0.15) is 0 Å². The first-order valence-electron chi connectivity index (χ1n) is 6.94. The van der Waals surface area contributed by atoms with E-state index in [4.69, 9.17) is 0 Å². The topological polar surface area (TPSA) is 40.5 Å². The quantitative estimate of drug-likeness (QED) is 0.714. The normalized spacial score (nSPS) is 18.1. The van der Waals surface area contributed by atoms with Gasteiger partial charge in [-0.3, -0.25) is 0 Å². The van der Waals surface area contributed by atoms with Gasteiger partial charge < -0.3 is 10.2 Å². The second kappa shape index (κ2) is 7.16. The maximum absolute atomic E-state index is 10.1. The van der Waals surface area contributed by atoms with Gasteiger partial charge in [-0.25, -0.2) is 0 Å². The first-order valence-corrected chi connectivity index (χ1v) is 6.94. The Kier molecular flexibility index (Phi) is 6.96. The molecular weight excluding hydrogens is 224 g/mol. The van der Waals surface area contributed by atoms with Crippen molar-refractivity contribution in [2.75, 3.05) is 0 Å². The summed E-state index contributed by atoms with van der Waals surface area (Å²) in [5.41, 5.74) is -1.43. The molecule has 2 nitrogen and oxygen atoms in total. The van der Waals surface area contributed by atoms with Crippen LogP contribution in [0, 0.1) is 23.7 Å². The average molecular weight is 254 g/mol. The Balaban J connectivity index is 4.19. The lowest BCUT2D eigenvalue weighted by Gasteiger charge is -2.23. The molecule has 0 bridgehead atoms. The Labute approximate surface area is 113 Å². The number of hydrogen-bond acceptors (Lipinski definition) is 2. The summed E-state index contributed by atoms with van der Waals surface area (Å²) < 4.78 is 0. The Morgan fingerprint density at radius 3 is 1.28 bits per heavy atom. The number of hydrogen-bond donors (Lipinski definition) is 2. The molecule has 0 heterocycles. The third kappa shape index (κ3) is 9.50. The Hall–Kier alpha value is -0.520. The molecule has 106 valence electrons. The van der Waals surface area contributed by atoms with Gasteiger partial charge in [0, 0.05) is 12.8 Å². The highest BCUT2D eigenvalue weighted by atomic mass is 16.3. The smallest absolute Gasteiger partial charge is 0.0730 e. The molecule has 2 heteroatoms. The average Bonchev–Trinajstić information content (AvgIpc) is 2.08. The van der Waals surface area contributed by atoms with Crippen molar-refractivity contribution in [3.63, 3.8) is 0 Å². The van der Waals surface area contributed by atoms with Gasteiger partial charge in [0.05, 0.1) is 11.2 Å². The van der Waals surface area contributed by atoms with Crippen LogP contribution >= 0.6 is 0 Å². The van der Waals surface area contributed by atoms with Gasteiger partial charge in [-0.15, -0.1) is 11.8 Å². The zero-order valence-corrected chi connectivity index (χ0v) is 12.9. The predicted molar refractivity (Wildman–Crippen MR) is 77.2 cm³/mol. The molecule has 0 radical (unpaired) electrons. The molecule has 0 aliphatic carbocycles. The van der Waals surface area contributed by atoms with Crippen LogP contribution in [-0.2, 0) is 0 Å². The fraction of sp³-hybridized carbons (Fsp3) is 0.875. The van der Waals surface area contributed by atoms with E-state index < -0.39 is 11.2 Å². The van der Waals surface area contributed by atoms with Crippen molar-refractivity contribution in [2.45, 2.75) is 78.4 Å². The highest BCUT2D eigenvalue weighted by Crippen LogP contribution is 2.21. The number of aliphatic hydroxyl groups is 2. The summed E-state index contributed by atoms with van der Waals surface area (Å²) in [6, 6.07) is 0. The summed E-state index contributed by atoms with van der Waals surface area (Å²) in [6.45, 7) is 12.0. The second-order valence-electron chi connectivity index (χ2n) is 6.90. The third-order valence-electron chi connectivity index (χ3n) is 2.76. The molecule has 0 saturated carbocycles. The molecule has 0 aliphatic rings. The van der Waals surface area contributed by atoms with Crippen molar-refractivity contribution in [1.82, 2.24) is 0 Å². The molecule has 0 aliphatic heterocycles. The van der Waals surface area contributed by atoms with E-state index in [1.165, 1.54) is 0 Å². The number of rotatable bonds is 6. The Morgan fingerprint density at radius 2 is 1.06 bits per heavy atom. The van der Waals surface area contributed by atoms with Crippen molar-refractivity contribution < 1.29 is 10.2 Å². The molecule has 0 rings (SSSR count). The van der Waals surface area contributed by atoms with Crippen LogP contribution in [0.5, 0.6) is 0 Å². The molecule has 2 N–H and O–H groups in total. The molecule has 0 aromatic carbocycles. The summed E-state index contributed by atoms with van der Waals surface area (Å²) in [4.78, 5) is 0. The molecular formula is C16H30O2. The predicted octanol–water partition coefficient (Wildman–Crippen LogP) is 3.36. The van der Waals surface area contributed by atoms with E-state index in [0.717, 1.165) is 12.8 Å². The van der Waals surface area contributed by atoms with Gasteiger partial charge in [-0.1, -0.05) is 27.7 Å². The zero-order chi connectivity index (χ0) is 14.4. The molecule has 18 heavy (non-hydrogen) atoms. The van der Waals surface area contributed by atoms with Crippen molar-refractivity contribution in [2.24, 2.45) is 11.8 Å². The third-order valence-corrected chi connectivity index (χ3v) is 2.76. The van der Waals surface area contributed by atoms with Gasteiger partial charge in [-0.05, 0) is 38.5 Å². The van der Waals surface area contributed by atoms with Crippen LogP contribution in [-0.4, -0.2) is 21.4 Å². The second-order valence-corrected chi connectivity index (χ2v) is 6.90. The van der Waals surface area contributed by atoms with Crippen LogP contribution in [0.1, 0.15) is 67.2 Å². The largest absolute Gasteiger partial charge is 0.389 e. The molecule has 2 unspecified atom stereocenters. The van der Waals surface area contributed by atoms with Crippen LogP contribution in [0.2, 0.25) is 0 Å². The van der Waals surface area contributed by atoms with Gasteiger partial charge >= 0.3 is 0 Å². The minimum absolute atomic E-state index is 0.464. The van der Waals surface area contributed by atoms with Crippen LogP contribution < -0.4 is 0 Å². The lowest BCUT2D eigenvalue weighted by molar-refractivity contribution is 0.0406. The van der Waals surface area contributed by atoms with Gasteiger partial charge in [0.15, 0.2) is 0 Å². The van der Waals surface area contributed by atoms with Crippen LogP contribution in [0.25, 0.3) is 0 Å². The minimum atomic E-state index is -0.717. The molecule has 0 aromatic rings. The lowest BCUT2D eigenvalue weighted by atomic mass is 9.90. The van der Waals surface area contributed by atoms with E-state index in [9.17, 15) is 10.2 Å². The Bertz CT molecular complexity index is 262. The van der Waals surface area contributed by atoms with E-state index in [1.807, 2.05) is 13.8 Å². The fourth-order valence-electron chi connectivity index (χ4n) is 2.41. The molecule has 0 amide bonds. The van der Waals surface area contributed by atoms with Crippen molar-refractivity contribution in [1.29, 1.82) is 0 Å². The van der Waals surface area contributed by atoms with Crippen LogP contribution in [0.3, 0.4) is 0 Å². The summed E-state index contributed by atoms with van der Waals surface area (Å²) >= 11 is 0. The van der Waals surface area contributed by atoms with Crippen molar-refractivity contribution >= 4 is 0 Å². The first-order chi connectivity index (χ1) is 8.04. The fourth-order valence-corrected chi connectivity index (χ4v) is 2.41. The van der Waals surface area contributed by atoms with Crippen molar-refractivity contribution in [3.05, 3.63) is 0 Å². The Morgan fingerprint density at radius 1 is 0.778 bits per heavy atom. The van der Waals surface area contributed by atoms with Gasteiger partial charge in [0.2, 0.25) is 0 Å². The standard InChI is InChI=1S/C16H30O2/c1-13(2)11-15(5,17)9-7-8-10-16(6,18)12-14(3)4/h13-14,17-18H,9-12H2,1-6H3. The first kappa shape index (κ1) is 17.5. The van der Waals surface area contributed by atoms with E-state index in [1.54, 1.807) is 0 Å².